The second kappa shape index (κ2) is 15.5. The number of aliphatic hydroxyl groups excluding tert-OH is 5. The summed E-state index contributed by atoms with van der Waals surface area (Å²) in [5.41, 5.74) is 30.5. The van der Waals surface area contributed by atoms with Gasteiger partial charge in [-0.1, -0.05) is 0 Å². The Morgan fingerprint density at radius 1 is 0.953 bits per heavy atom. The van der Waals surface area contributed by atoms with E-state index in [0.717, 1.165) is 25.8 Å². The molecule has 2 heterocycles. The van der Waals surface area contributed by atoms with Gasteiger partial charge in [0.25, 0.3) is 0 Å². The summed E-state index contributed by atoms with van der Waals surface area (Å²) in [4.78, 5) is 12.8. The Balaban J connectivity index is 1.50. The first-order valence-electron chi connectivity index (χ1n) is 15.5. The average Bonchev–Trinajstić information content (AvgIpc) is 2.95. The number of hydrogen-bond acceptors (Lipinski definition) is 15. The van der Waals surface area contributed by atoms with Gasteiger partial charge in [-0.25, -0.2) is 0 Å². The number of amides is 1. The molecule has 250 valence electrons. The molecule has 1 unspecified atom stereocenters. The van der Waals surface area contributed by atoms with E-state index in [2.05, 4.69) is 10.6 Å². The van der Waals surface area contributed by atoms with Crippen molar-refractivity contribution < 1.29 is 44.5 Å². The van der Waals surface area contributed by atoms with Crippen molar-refractivity contribution in [1.82, 2.24) is 10.6 Å². The van der Waals surface area contributed by atoms with Gasteiger partial charge in [-0.15, -0.1) is 0 Å². The predicted octanol–water partition coefficient (Wildman–Crippen LogP) is -5.76. The normalized spacial score (nSPS) is 46.1. The molecule has 4 aliphatic rings. The van der Waals surface area contributed by atoms with Crippen molar-refractivity contribution in [1.29, 1.82) is 0 Å². The van der Waals surface area contributed by atoms with Gasteiger partial charge in [0.05, 0.1) is 37.0 Å². The van der Waals surface area contributed by atoms with Gasteiger partial charge in [0.15, 0.2) is 6.29 Å². The molecule has 16 heteroatoms. The van der Waals surface area contributed by atoms with Crippen LogP contribution in [0.4, 0.5) is 0 Å². The highest BCUT2D eigenvalue weighted by Crippen LogP contribution is 2.36. The van der Waals surface area contributed by atoms with Crippen LogP contribution in [0, 0.1) is 11.8 Å². The lowest BCUT2D eigenvalue weighted by Gasteiger charge is -2.51. The number of carbonyl (C=O) groups is 1. The SMILES string of the molecule is NCC[C@H](O)C(=O)N[C@@H]1C[C@H](N)C([C@H]2O[C@H](CNCC3CC(N)C3)CC[C@H]2N)[C@H](O)[C@H]1O[C@H]1O[C@H](CO)[C@@H](O)[C@H](N)[C@H]1O. The smallest absolute Gasteiger partial charge is 0.249 e. The molecule has 17 N–H and O–H groups in total. The predicted molar refractivity (Wildman–Crippen MR) is 154 cm³/mol. The van der Waals surface area contributed by atoms with E-state index in [-0.39, 0.29) is 31.5 Å². The first kappa shape index (κ1) is 34.8. The second-order valence-corrected chi connectivity index (χ2v) is 12.8. The van der Waals surface area contributed by atoms with Crippen LogP contribution in [0.3, 0.4) is 0 Å². The Labute approximate surface area is 251 Å². The summed E-state index contributed by atoms with van der Waals surface area (Å²) in [6.45, 7) is 0.935. The zero-order chi connectivity index (χ0) is 31.4. The van der Waals surface area contributed by atoms with Crippen molar-refractivity contribution >= 4 is 5.91 Å². The van der Waals surface area contributed by atoms with E-state index in [9.17, 15) is 30.3 Å². The summed E-state index contributed by atoms with van der Waals surface area (Å²) < 4.78 is 18.1. The minimum absolute atomic E-state index is 0.0183. The number of carbonyl (C=O) groups excluding carboxylic acids is 1. The lowest BCUT2D eigenvalue weighted by Crippen LogP contribution is -2.69. The van der Waals surface area contributed by atoms with Gasteiger partial charge in [-0.2, -0.15) is 0 Å². The van der Waals surface area contributed by atoms with Gasteiger partial charge in [-0.05, 0) is 57.5 Å². The van der Waals surface area contributed by atoms with Crippen molar-refractivity contribution in [3.05, 3.63) is 0 Å². The molecule has 0 radical (unpaired) electrons. The fraction of sp³-hybridized carbons (Fsp3) is 0.963. The molecule has 0 aromatic carbocycles. The molecule has 2 saturated carbocycles. The van der Waals surface area contributed by atoms with Gasteiger partial charge in [0.1, 0.15) is 30.5 Å². The minimum atomic E-state index is -1.52. The van der Waals surface area contributed by atoms with E-state index >= 15 is 0 Å². The van der Waals surface area contributed by atoms with Crippen LogP contribution in [0.15, 0.2) is 0 Å². The van der Waals surface area contributed by atoms with Gasteiger partial charge in [-0.3, -0.25) is 4.79 Å². The summed E-state index contributed by atoms with van der Waals surface area (Å²) >= 11 is 0. The molecule has 2 aliphatic heterocycles. The summed E-state index contributed by atoms with van der Waals surface area (Å²) in [5.74, 6) is -0.893. The molecule has 4 rings (SSSR count). The first-order valence-corrected chi connectivity index (χ1v) is 15.5. The molecule has 16 nitrogen and oxygen atoms in total. The van der Waals surface area contributed by atoms with Crippen LogP contribution < -0.4 is 39.3 Å². The highest BCUT2D eigenvalue weighted by atomic mass is 16.7. The van der Waals surface area contributed by atoms with E-state index in [4.69, 9.17) is 42.9 Å². The van der Waals surface area contributed by atoms with E-state index in [1.165, 1.54) is 0 Å². The minimum Gasteiger partial charge on any atom is -0.394 e. The molecule has 1 amide bonds. The lowest BCUT2D eigenvalue weighted by molar-refractivity contribution is -0.306. The maximum Gasteiger partial charge on any atom is 0.249 e. The van der Waals surface area contributed by atoms with Crippen LogP contribution in [0.2, 0.25) is 0 Å². The van der Waals surface area contributed by atoms with Gasteiger partial charge in [0.2, 0.25) is 5.91 Å². The quantitative estimate of drug-likeness (QED) is 0.0968. The maximum absolute atomic E-state index is 12.8. The molecule has 0 spiro atoms. The topological polar surface area (TPSA) is 300 Å². The highest BCUT2D eigenvalue weighted by Gasteiger charge is 2.53. The van der Waals surface area contributed by atoms with Gasteiger partial charge >= 0.3 is 0 Å². The van der Waals surface area contributed by atoms with Crippen molar-refractivity contribution in [3.8, 4) is 0 Å². The van der Waals surface area contributed by atoms with Crippen LogP contribution in [0.25, 0.3) is 0 Å². The molecule has 0 aromatic rings. The third-order valence-corrected chi connectivity index (χ3v) is 9.50. The lowest BCUT2D eigenvalue weighted by atomic mass is 9.72. The number of aliphatic hydroxyl groups is 5. The van der Waals surface area contributed by atoms with Crippen molar-refractivity contribution in [2.75, 3.05) is 26.2 Å². The van der Waals surface area contributed by atoms with E-state index in [1.54, 1.807) is 0 Å². The molecule has 2 aliphatic carbocycles. The molecular formula is C27H53N7O9. The molecule has 0 aromatic heterocycles. The fourth-order valence-corrected chi connectivity index (χ4v) is 6.86. The Bertz CT molecular complexity index is 888. The molecule has 0 bridgehead atoms. The Morgan fingerprint density at radius 2 is 1.67 bits per heavy atom. The van der Waals surface area contributed by atoms with Crippen LogP contribution in [-0.2, 0) is 19.0 Å². The number of nitrogens with two attached hydrogens (primary N) is 5. The van der Waals surface area contributed by atoms with Crippen LogP contribution in [0.5, 0.6) is 0 Å². The monoisotopic (exact) mass is 619 g/mol. The van der Waals surface area contributed by atoms with Crippen molar-refractivity contribution in [2.45, 2.75) is 124 Å². The first-order chi connectivity index (χ1) is 20.4. The molecule has 2 saturated heterocycles. The molecule has 4 fully saturated rings. The molecule has 43 heavy (non-hydrogen) atoms. The van der Waals surface area contributed by atoms with E-state index in [0.29, 0.717) is 18.9 Å². The van der Waals surface area contributed by atoms with Crippen molar-refractivity contribution in [3.63, 3.8) is 0 Å². The highest BCUT2D eigenvalue weighted by molar-refractivity contribution is 5.80. The van der Waals surface area contributed by atoms with Gasteiger partial charge < -0.3 is 79.0 Å². The van der Waals surface area contributed by atoms with Crippen LogP contribution in [0.1, 0.15) is 38.5 Å². The van der Waals surface area contributed by atoms with Crippen molar-refractivity contribution in [2.24, 2.45) is 40.5 Å². The Morgan fingerprint density at radius 3 is 2.33 bits per heavy atom. The van der Waals surface area contributed by atoms with E-state index < -0.39 is 91.6 Å². The Kier molecular flexibility index (Phi) is 12.5. The maximum atomic E-state index is 12.8. The van der Waals surface area contributed by atoms with E-state index in [1.807, 2.05) is 0 Å². The number of rotatable bonds is 12. The number of hydrogen-bond donors (Lipinski definition) is 12. The fourth-order valence-electron chi connectivity index (χ4n) is 6.86. The molecule has 14 atom stereocenters. The zero-order valence-corrected chi connectivity index (χ0v) is 24.6. The second-order valence-electron chi connectivity index (χ2n) is 12.8. The third-order valence-electron chi connectivity index (χ3n) is 9.50. The average molecular weight is 620 g/mol. The van der Waals surface area contributed by atoms with Crippen LogP contribution >= 0.6 is 0 Å². The van der Waals surface area contributed by atoms with Crippen LogP contribution in [-0.4, -0.2) is 143 Å². The number of nitrogens with one attached hydrogen (secondary N) is 2. The number of ether oxygens (including phenoxy) is 3. The Hall–Kier alpha value is -1.09. The largest absolute Gasteiger partial charge is 0.394 e. The summed E-state index contributed by atoms with van der Waals surface area (Å²) in [5, 5.41) is 58.8. The third kappa shape index (κ3) is 8.20. The zero-order valence-electron chi connectivity index (χ0n) is 24.6. The molecular weight excluding hydrogens is 566 g/mol. The summed E-state index contributed by atoms with van der Waals surface area (Å²) in [7, 11) is 0. The summed E-state index contributed by atoms with van der Waals surface area (Å²) in [6.07, 6.45) is -6.74. The van der Waals surface area contributed by atoms with Gasteiger partial charge in [0, 0.05) is 30.6 Å². The summed E-state index contributed by atoms with van der Waals surface area (Å²) in [6, 6.07) is -2.97. The standard InChI is InChI=1S/C27H53N7O9/c28-4-3-17(36)26(40)34-16-7-15(31)19(22(38)25(16)43-27-23(39)20(32)21(37)18(10-35)42-27)24-14(30)2-1-13(41-24)9-33-8-11-5-12(29)6-11/h11-25,27,33,35-39H,1-10,28-32H2,(H,34,40)/t11?,12?,13-,14+,15-,16+,17-,18+,19?,20-,21+,22-,23+,24-,25-,27+/m0/s1.